The highest BCUT2D eigenvalue weighted by Gasteiger charge is 2.31. The zero-order valence-electron chi connectivity index (χ0n) is 21.4. The molecule has 1 aromatic carbocycles. The predicted molar refractivity (Wildman–Crippen MR) is 149 cm³/mol. The first-order valence-corrected chi connectivity index (χ1v) is 13.3. The maximum atomic E-state index is 13.3. The topological polar surface area (TPSA) is 92.4 Å². The molecule has 0 radical (unpaired) electrons. The summed E-state index contributed by atoms with van der Waals surface area (Å²) in [4.78, 5) is 30.1. The van der Waals surface area contributed by atoms with E-state index >= 15 is 0 Å². The van der Waals surface area contributed by atoms with Crippen LogP contribution in [0.25, 0.3) is 11.0 Å². The van der Waals surface area contributed by atoms with Crippen LogP contribution in [-0.2, 0) is 6.54 Å². The van der Waals surface area contributed by atoms with Gasteiger partial charge in [0.1, 0.15) is 11.6 Å². The van der Waals surface area contributed by atoms with E-state index in [4.69, 9.17) is 9.98 Å². The number of nitrogens with one attached hydrogen (secondary N) is 2. The minimum atomic E-state index is -0.211. The fraction of sp³-hybridized carbons (Fsp3) is 0.429. The molecular weight excluding hydrogens is 464 g/mol. The lowest BCUT2D eigenvalue weighted by Gasteiger charge is -2.29. The molecule has 9 heteroatoms. The van der Waals surface area contributed by atoms with E-state index in [1.54, 1.807) is 17.0 Å². The second-order valence-corrected chi connectivity index (χ2v) is 9.96. The zero-order chi connectivity index (χ0) is 25.4. The van der Waals surface area contributed by atoms with Crippen molar-refractivity contribution < 1.29 is 0 Å². The molecule has 192 valence electrons. The van der Waals surface area contributed by atoms with E-state index in [2.05, 4.69) is 52.2 Å². The molecule has 37 heavy (non-hydrogen) atoms. The van der Waals surface area contributed by atoms with Gasteiger partial charge in [-0.25, -0.2) is 14.3 Å². The van der Waals surface area contributed by atoms with E-state index in [-0.39, 0.29) is 11.7 Å². The fourth-order valence-electron chi connectivity index (χ4n) is 5.78. The smallest absolute Gasteiger partial charge is 0.278 e. The monoisotopic (exact) mass is 498 g/mol. The lowest BCUT2D eigenvalue weighted by Crippen LogP contribution is -2.43. The van der Waals surface area contributed by atoms with Crippen LogP contribution in [0.15, 0.2) is 64.6 Å². The lowest BCUT2D eigenvalue weighted by atomic mass is 10.00. The zero-order valence-corrected chi connectivity index (χ0v) is 21.4. The Bertz CT molecular complexity index is 1420. The summed E-state index contributed by atoms with van der Waals surface area (Å²) in [6.07, 6.45) is 9.54. The highest BCUT2D eigenvalue weighted by molar-refractivity contribution is 6.04. The van der Waals surface area contributed by atoms with Crippen LogP contribution in [0.5, 0.6) is 0 Å². The molecule has 2 N–H and O–H groups in total. The van der Waals surface area contributed by atoms with Crippen molar-refractivity contribution in [1.29, 1.82) is 0 Å². The average molecular weight is 499 g/mol. The van der Waals surface area contributed by atoms with Gasteiger partial charge in [-0.3, -0.25) is 9.79 Å². The molecule has 2 fully saturated rings. The lowest BCUT2D eigenvalue weighted by molar-refractivity contribution is 0.398. The van der Waals surface area contributed by atoms with Crippen molar-refractivity contribution in [3.05, 3.63) is 65.1 Å². The van der Waals surface area contributed by atoms with Crippen molar-refractivity contribution in [2.24, 2.45) is 10.9 Å². The Morgan fingerprint density at radius 3 is 2.78 bits per heavy atom. The maximum Gasteiger partial charge on any atom is 0.278 e. The number of allylic oxidation sites excluding steroid dienone is 2. The summed E-state index contributed by atoms with van der Waals surface area (Å²) in [5.41, 5.74) is 5.17. The van der Waals surface area contributed by atoms with Crippen LogP contribution in [0, 0.1) is 5.92 Å². The Kier molecular flexibility index (Phi) is 6.38. The predicted octanol–water partition coefficient (Wildman–Crippen LogP) is 4.02. The molecule has 0 amide bonds. The molecule has 2 aliphatic heterocycles. The molecule has 4 heterocycles. The van der Waals surface area contributed by atoms with Gasteiger partial charge in [0.15, 0.2) is 5.65 Å². The number of aliphatic imine (C=N–C) groups is 1. The van der Waals surface area contributed by atoms with E-state index in [0.717, 1.165) is 57.5 Å². The van der Waals surface area contributed by atoms with Gasteiger partial charge in [0.25, 0.3) is 5.56 Å². The molecule has 9 nitrogen and oxygen atoms in total. The highest BCUT2D eigenvalue weighted by atomic mass is 16.1. The molecule has 3 aromatic rings. The first-order chi connectivity index (χ1) is 18.2. The molecule has 1 saturated heterocycles. The number of benzene rings is 1. The van der Waals surface area contributed by atoms with Gasteiger partial charge in [-0.2, -0.15) is 4.98 Å². The summed E-state index contributed by atoms with van der Waals surface area (Å²) in [6, 6.07) is 8.34. The van der Waals surface area contributed by atoms with Gasteiger partial charge >= 0.3 is 0 Å². The van der Waals surface area contributed by atoms with E-state index in [9.17, 15) is 4.79 Å². The summed E-state index contributed by atoms with van der Waals surface area (Å²) in [6.45, 7) is 10.5. The first-order valence-electron chi connectivity index (χ1n) is 13.3. The molecular formula is C28H34N8O. The summed E-state index contributed by atoms with van der Waals surface area (Å²) in [5, 5.41) is 7.21. The number of aromatic nitrogens is 4. The standard InChI is InChI=1S/C28H34N8O/c1-3-15-35-27(37)23-18-30-28(31-21-8-10-22(11-9-21)34-16-13-29-14-17-34)33-26(23)36(35)24-12-7-20-6-5-19(4-2)25(20)32-24/h3,7-11,18-19,24,29H,1,4-6,12-17H2,2H3,(H,30,31,33). The van der Waals surface area contributed by atoms with Gasteiger partial charge in [0, 0.05) is 61.8 Å². The number of dihydropyridines is 1. The Hall–Kier alpha value is -3.72. The Labute approximate surface area is 216 Å². The van der Waals surface area contributed by atoms with Crippen molar-refractivity contribution in [1.82, 2.24) is 24.6 Å². The Morgan fingerprint density at radius 2 is 2.03 bits per heavy atom. The minimum absolute atomic E-state index is 0.115. The summed E-state index contributed by atoms with van der Waals surface area (Å²) in [5.74, 6) is 0.949. The fourth-order valence-corrected chi connectivity index (χ4v) is 5.78. The quantitative estimate of drug-likeness (QED) is 0.478. The van der Waals surface area contributed by atoms with E-state index in [1.807, 2.05) is 16.8 Å². The Morgan fingerprint density at radius 1 is 1.22 bits per heavy atom. The van der Waals surface area contributed by atoms with E-state index < -0.39 is 0 Å². The number of rotatable bonds is 7. The highest BCUT2D eigenvalue weighted by Crippen LogP contribution is 2.36. The molecule has 1 saturated carbocycles. The molecule has 3 aliphatic rings. The second kappa shape index (κ2) is 9.97. The van der Waals surface area contributed by atoms with Gasteiger partial charge in [0.05, 0.1) is 6.54 Å². The second-order valence-electron chi connectivity index (χ2n) is 9.96. The van der Waals surface area contributed by atoms with Crippen molar-refractivity contribution in [3.63, 3.8) is 0 Å². The summed E-state index contributed by atoms with van der Waals surface area (Å²) < 4.78 is 3.65. The van der Waals surface area contributed by atoms with Crippen molar-refractivity contribution >= 4 is 34.1 Å². The number of nitrogens with zero attached hydrogens (tertiary/aromatic N) is 6. The van der Waals surface area contributed by atoms with Crippen LogP contribution >= 0.6 is 0 Å². The summed E-state index contributed by atoms with van der Waals surface area (Å²) in [7, 11) is 0. The number of hydrogen-bond acceptors (Lipinski definition) is 7. The van der Waals surface area contributed by atoms with Crippen LogP contribution in [-0.4, -0.2) is 51.2 Å². The van der Waals surface area contributed by atoms with Crippen LogP contribution < -0.4 is 21.1 Å². The van der Waals surface area contributed by atoms with E-state index in [0.29, 0.717) is 29.4 Å². The van der Waals surface area contributed by atoms with Crippen molar-refractivity contribution in [2.75, 3.05) is 36.4 Å². The first kappa shape index (κ1) is 23.7. The molecule has 6 rings (SSSR count). The number of anilines is 3. The SMILES string of the molecule is C=CCn1c(=O)c2cnc(Nc3ccc(N4CCNCC4)cc3)nc2n1C1CC=C2CCC(CC)C2=N1. The largest absolute Gasteiger partial charge is 0.369 e. The molecule has 0 spiro atoms. The molecule has 0 bridgehead atoms. The third-order valence-electron chi connectivity index (χ3n) is 7.73. The molecule has 1 aliphatic carbocycles. The Balaban J connectivity index is 1.34. The maximum absolute atomic E-state index is 13.3. The van der Waals surface area contributed by atoms with Crippen LogP contribution in [0.1, 0.15) is 38.8 Å². The van der Waals surface area contributed by atoms with Crippen LogP contribution in [0.3, 0.4) is 0 Å². The van der Waals surface area contributed by atoms with Gasteiger partial charge in [0.2, 0.25) is 5.95 Å². The minimum Gasteiger partial charge on any atom is -0.369 e. The normalized spacial score (nSPS) is 21.5. The number of fused-ring (bicyclic) bond motifs is 2. The van der Waals surface area contributed by atoms with Gasteiger partial charge in [-0.1, -0.05) is 19.1 Å². The van der Waals surface area contributed by atoms with Crippen molar-refractivity contribution in [3.8, 4) is 0 Å². The third-order valence-corrected chi connectivity index (χ3v) is 7.73. The average Bonchev–Trinajstić information content (AvgIpc) is 3.47. The van der Waals surface area contributed by atoms with Crippen molar-refractivity contribution in [2.45, 2.75) is 45.3 Å². The van der Waals surface area contributed by atoms with Crippen LogP contribution in [0.2, 0.25) is 0 Å². The third kappa shape index (κ3) is 4.37. The van der Waals surface area contributed by atoms with Gasteiger partial charge in [-0.15, -0.1) is 6.58 Å². The molecule has 2 unspecified atom stereocenters. The van der Waals surface area contributed by atoms with Crippen LogP contribution in [0.4, 0.5) is 17.3 Å². The summed E-state index contributed by atoms with van der Waals surface area (Å²) >= 11 is 0. The number of piperazine rings is 1. The van der Waals surface area contributed by atoms with Gasteiger partial charge < -0.3 is 15.5 Å². The molecule has 2 atom stereocenters. The van der Waals surface area contributed by atoms with Gasteiger partial charge in [-0.05, 0) is 49.1 Å². The molecule has 2 aromatic heterocycles. The van der Waals surface area contributed by atoms with E-state index in [1.165, 1.54) is 17.0 Å². The number of hydrogen-bond donors (Lipinski definition) is 2.